The monoisotopic (exact) mass is 206 g/mol. The highest BCUT2D eigenvalue weighted by molar-refractivity contribution is 5.75. The number of benzene rings is 1. The molecule has 4 nitrogen and oxygen atoms in total. The van der Waals surface area contributed by atoms with Gasteiger partial charge in [0, 0.05) is 5.56 Å². The minimum Gasteiger partial charge on any atom is -0.496 e. The van der Waals surface area contributed by atoms with Gasteiger partial charge in [0.25, 0.3) is 6.29 Å². The molecule has 3 rings (SSSR count). The first-order valence-electron chi connectivity index (χ1n) is 4.82. The van der Waals surface area contributed by atoms with Gasteiger partial charge in [-0.25, -0.2) is 0 Å². The van der Waals surface area contributed by atoms with Crippen molar-refractivity contribution in [3.05, 3.63) is 23.8 Å². The highest BCUT2D eigenvalue weighted by Crippen LogP contribution is 2.48. The molecule has 2 aliphatic rings. The second-order valence-electron chi connectivity index (χ2n) is 3.66. The topological polar surface area (TPSA) is 44.8 Å². The van der Waals surface area contributed by atoms with Crippen LogP contribution in [0.2, 0.25) is 0 Å². The molecule has 2 unspecified atom stereocenters. The number of carbonyl (C=O) groups is 1. The van der Waals surface area contributed by atoms with Crippen molar-refractivity contribution < 1.29 is 19.0 Å². The van der Waals surface area contributed by atoms with Crippen molar-refractivity contribution in [1.82, 2.24) is 0 Å². The van der Waals surface area contributed by atoms with E-state index in [1.54, 1.807) is 7.11 Å². The van der Waals surface area contributed by atoms with E-state index < -0.39 is 6.29 Å². The molecule has 15 heavy (non-hydrogen) atoms. The summed E-state index contributed by atoms with van der Waals surface area (Å²) < 4.78 is 15.8. The van der Waals surface area contributed by atoms with E-state index in [1.807, 2.05) is 18.2 Å². The first-order chi connectivity index (χ1) is 7.29. The Kier molecular flexibility index (Phi) is 1.65. The van der Waals surface area contributed by atoms with Crippen LogP contribution in [0.5, 0.6) is 11.5 Å². The van der Waals surface area contributed by atoms with E-state index in [9.17, 15) is 4.79 Å². The number of carbonyl (C=O) groups excluding carboxylic acids is 1. The fourth-order valence-corrected chi connectivity index (χ4v) is 2.18. The average Bonchev–Trinajstić information content (AvgIpc) is 2.72. The molecule has 4 heteroatoms. The zero-order valence-electron chi connectivity index (χ0n) is 8.23. The van der Waals surface area contributed by atoms with Crippen molar-refractivity contribution in [2.75, 3.05) is 7.11 Å². The average molecular weight is 206 g/mol. The fourth-order valence-electron chi connectivity index (χ4n) is 2.18. The summed E-state index contributed by atoms with van der Waals surface area (Å²) in [5.41, 5.74) is 0.954. The van der Waals surface area contributed by atoms with Crippen LogP contribution in [0.25, 0.3) is 0 Å². The van der Waals surface area contributed by atoms with Gasteiger partial charge in [-0.3, -0.25) is 4.79 Å². The standard InChI is InChI=1S/C11H10O4/c1-13-7-3-2-4-8-10(7)6-5-9(12)15-11(6)14-8/h2-4,6,11H,5H2,1H3. The Hall–Kier alpha value is -1.71. The number of ether oxygens (including phenoxy) is 3. The van der Waals surface area contributed by atoms with E-state index in [-0.39, 0.29) is 11.9 Å². The second kappa shape index (κ2) is 2.89. The summed E-state index contributed by atoms with van der Waals surface area (Å²) in [7, 11) is 1.61. The number of esters is 1. The molecule has 2 aliphatic heterocycles. The third-order valence-electron chi connectivity index (χ3n) is 2.82. The lowest BCUT2D eigenvalue weighted by atomic mass is 9.97. The molecule has 0 spiro atoms. The Balaban J connectivity index is 2.09. The van der Waals surface area contributed by atoms with Gasteiger partial charge in [-0.05, 0) is 12.1 Å². The fraction of sp³-hybridized carbons (Fsp3) is 0.364. The highest BCUT2D eigenvalue weighted by Gasteiger charge is 2.45. The molecule has 2 atom stereocenters. The first kappa shape index (κ1) is 8.59. The van der Waals surface area contributed by atoms with Gasteiger partial charge in [-0.1, -0.05) is 6.07 Å². The van der Waals surface area contributed by atoms with E-state index in [0.717, 1.165) is 17.1 Å². The molecule has 1 saturated heterocycles. The van der Waals surface area contributed by atoms with Crippen molar-refractivity contribution in [3.63, 3.8) is 0 Å². The zero-order valence-corrected chi connectivity index (χ0v) is 8.23. The molecule has 0 saturated carbocycles. The van der Waals surface area contributed by atoms with E-state index in [2.05, 4.69) is 0 Å². The van der Waals surface area contributed by atoms with Crippen LogP contribution in [0.4, 0.5) is 0 Å². The Morgan fingerprint density at radius 2 is 2.27 bits per heavy atom. The van der Waals surface area contributed by atoms with Gasteiger partial charge < -0.3 is 14.2 Å². The lowest BCUT2D eigenvalue weighted by molar-refractivity contribution is -0.150. The molecule has 0 aliphatic carbocycles. The van der Waals surface area contributed by atoms with Crippen LogP contribution in [-0.2, 0) is 9.53 Å². The highest BCUT2D eigenvalue weighted by atomic mass is 16.7. The molecule has 78 valence electrons. The van der Waals surface area contributed by atoms with Crippen LogP contribution in [0, 0.1) is 0 Å². The van der Waals surface area contributed by atoms with Crippen molar-refractivity contribution in [2.24, 2.45) is 0 Å². The quantitative estimate of drug-likeness (QED) is 0.652. The molecular formula is C11H10O4. The SMILES string of the molecule is COc1cccc2c1C1CC(=O)OC1O2. The zero-order chi connectivity index (χ0) is 10.4. The van der Waals surface area contributed by atoms with Crippen LogP contribution >= 0.6 is 0 Å². The van der Waals surface area contributed by atoms with Gasteiger partial charge >= 0.3 is 5.97 Å². The van der Waals surface area contributed by atoms with Gasteiger partial charge in [0.2, 0.25) is 0 Å². The van der Waals surface area contributed by atoms with E-state index >= 15 is 0 Å². The molecule has 0 radical (unpaired) electrons. The molecule has 1 aromatic carbocycles. The smallest absolute Gasteiger partial charge is 0.309 e. The Morgan fingerprint density at radius 3 is 3.07 bits per heavy atom. The van der Waals surface area contributed by atoms with Gasteiger partial charge in [0.1, 0.15) is 11.5 Å². The molecule has 1 fully saturated rings. The Morgan fingerprint density at radius 1 is 1.40 bits per heavy atom. The van der Waals surface area contributed by atoms with E-state index in [1.165, 1.54) is 0 Å². The maximum Gasteiger partial charge on any atom is 0.309 e. The second-order valence-corrected chi connectivity index (χ2v) is 3.66. The van der Waals surface area contributed by atoms with Gasteiger partial charge in [-0.2, -0.15) is 0 Å². The summed E-state index contributed by atoms with van der Waals surface area (Å²) in [5.74, 6) is 1.31. The minimum atomic E-state index is -0.455. The first-order valence-corrected chi connectivity index (χ1v) is 4.82. The summed E-state index contributed by atoms with van der Waals surface area (Å²) >= 11 is 0. The van der Waals surface area contributed by atoms with Gasteiger partial charge in [0.05, 0.1) is 19.4 Å². The predicted octanol–water partition coefficient (Wildman–Crippen LogP) is 1.44. The maximum absolute atomic E-state index is 11.1. The summed E-state index contributed by atoms with van der Waals surface area (Å²) in [6, 6.07) is 5.60. The van der Waals surface area contributed by atoms with Crippen LogP contribution in [0.15, 0.2) is 18.2 Å². The van der Waals surface area contributed by atoms with Crippen molar-refractivity contribution >= 4 is 5.97 Å². The molecule has 2 heterocycles. The summed E-state index contributed by atoms with van der Waals surface area (Å²) in [6.07, 6.45) is -0.0818. The van der Waals surface area contributed by atoms with Crippen LogP contribution in [0.3, 0.4) is 0 Å². The molecule has 0 bridgehead atoms. The normalized spacial score (nSPS) is 26.6. The number of methoxy groups -OCH3 is 1. The van der Waals surface area contributed by atoms with E-state index in [0.29, 0.717) is 6.42 Å². The summed E-state index contributed by atoms with van der Waals surface area (Å²) in [5, 5.41) is 0. The Bertz CT molecular complexity index is 427. The maximum atomic E-state index is 11.1. The third-order valence-corrected chi connectivity index (χ3v) is 2.82. The molecule has 1 aromatic rings. The summed E-state index contributed by atoms with van der Waals surface area (Å²) in [6.45, 7) is 0. The predicted molar refractivity (Wildman–Crippen MR) is 50.9 cm³/mol. The lowest BCUT2D eigenvalue weighted by Crippen LogP contribution is -2.14. The number of hydrogen-bond acceptors (Lipinski definition) is 4. The number of rotatable bonds is 1. The minimum absolute atomic E-state index is 0.0105. The number of fused-ring (bicyclic) bond motifs is 3. The third kappa shape index (κ3) is 1.11. The largest absolute Gasteiger partial charge is 0.496 e. The van der Waals surface area contributed by atoms with Crippen molar-refractivity contribution in [2.45, 2.75) is 18.6 Å². The molecule has 0 aromatic heterocycles. The van der Waals surface area contributed by atoms with Crippen LogP contribution in [0.1, 0.15) is 17.9 Å². The van der Waals surface area contributed by atoms with E-state index in [4.69, 9.17) is 14.2 Å². The molecular weight excluding hydrogens is 196 g/mol. The Labute approximate surface area is 86.7 Å². The number of hydrogen-bond donors (Lipinski definition) is 0. The lowest BCUT2D eigenvalue weighted by Gasteiger charge is -2.07. The summed E-state index contributed by atoms with van der Waals surface area (Å²) in [4.78, 5) is 11.1. The molecule has 0 amide bonds. The van der Waals surface area contributed by atoms with Crippen molar-refractivity contribution in [1.29, 1.82) is 0 Å². The van der Waals surface area contributed by atoms with Gasteiger partial charge in [0.15, 0.2) is 0 Å². The molecule has 0 N–H and O–H groups in total. The van der Waals surface area contributed by atoms with Crippen LogP contribution < -0.4 is 9.47 Å². The van der Waals surface area contributed by atoms with Gasteiger partial charge in [-0.15, -0.1) is 0 Å². The van der Waals surface area contributed by atoms with Crippen molar-refractivity contribution in [3.8, 4) is 11.5 Å². The van der Waals surface area contributed by atoms with Crippen LogP contribution in [-0.4, -0.2) is 19.4 Å².